The fraction of sp³-hybridized carbons (Fsp3) is 0.350. The Morgan fingerprint density at radius 1 is 0.981 bits per heavy atom. The van der Waals surface area contributed by atoms with Gasteiger partial charge in [-0.3, -0.25) is 28.6 Å². The third-order valence-electron chi connectivity index (χ3n) is 10.6. The molecule has 1 N–H and O–H groups in total. The van der Waals surface area contributed by atoms with Crippen LogP contribution in [0.5, 0.6) is 5.88 Å². The number of rotatable bonds is 9. The SMILES string of the molecule is COc1cccc(-n2ccc3c(=O)n(CC4(O)CCN(C(=O)[C@@H]5CCN(Cc6cnc(-c7ccc(C)nc7)s6)C[C@H]5c5ccccc5)CC4)cnc32)n1. The maximum absolute atomic E-state index is 14.2. The molecule has 7 heterocycles. The molecule has 0 aliphatic carbocycles. The van der Waals surface area contributed by atoms with E-state index in [1.54, 1.807) is 41.3 Å². The van der Waals surface area contributed by atoms with E-state index in [1.165, 1.54) is 15.8 Å². The lowest BCUT2D eigenvalue weighted by Gasteiger charge is -2.43. The number of fused-ring (bicyclic) bond motifs is 1. The summed E-state index contributed by atoms with van der Waals surface area (Å²) in [6.07, 6.45) is 8.58. The molecule has 0 saturated carbocycles. The predicted molar refractivity (Wildman–Crippen MR) is 203 cm³/mol. The number of carbonyl (C=O) groups excluding carboxylic acids is 1. The molecule has 272 valence electrons. The Bertz CT molecular complexity index is 2280. The molecule has 2 saturated heterocycles. The molecule has 0 bridgehead atoms. The number of nitrogens with zero attached hydrogens (tertiary/aromatic N) is 8. The van der Waals surface area contributed by atoms with E-state index in [0.717, 1.165) is 47.9 Å². The van der Waals surface area contributed by atoms with Gasteiger partial charge in [0.15, 0.2) is 5.65 Å². The lowest BCUT2D eigenvalue weighted by molar-refractivity contribution is -0.142. The van der Waals surface area contributed by atoms with Gasteiger partial charge in [0.25, 0.3) is 5.56 Å². The fourth-order valence-electron chi connectivity index (χ4n) is 7.68. The van der Waals surface area contributed by atoms with Gasteiger partial charge in [0, 0.05) is 78.8 Å². The molecule has 12 nitrogen and oxygen atoms in total. The number of piperidine rings is 2. The summed E-state index contributed by atoms with van der Waals surface area (Å²) in [5.74, 6) is 1.07. The van der Waals surface area contributed by atoms with E-state index >= 15 is 0 Å². The zero-order valence-corrected chi connectivity index (χ0v) is 30.7. The van der Waals surface area contributed by atoms with E-state index in [2.05, 4.69) is 43.0 Å². The van der Waals surface area contributed by atoms with Crippen LogP contribution >= 0.6 is 11.3 Å². The third kappa shape index (κ3) is 7.24. The van der Waals surface area contributed by atoms with Gasteiger partial charge in [0.1, 0.15) is 17.2 Å². The lowest BCUT2D eigenvalue weighted by atomic mass is 9.79. The molecule has 1 amide bonds. The maximum atomic E-state index is 14.2. The number of benzene rings is 1. The summed E-state index contributed by atoms with van der Waals surface area (Å²) in [4.78, 5) is 51.5. The number of thiazole rings is 1. The number of pyridine rings is 2. The van der Waals surface area contributed by atoms with Crippen LogP contribution in [0.3, 0.4) is 0 Å². The molecule has 0 spiro atoms. The summed E-state index contributed by atoms with van der Waals surface area (Å²) in [5, 5.41) is 13.1. The van der Waals surface area contributed by atoms with E-state index in [4.69, 9.17) is 4.74 Å². The van der Waals surface area contributed by atoms with Crippen molar-refractivity contribution in [3.63, 3.8) is 0 Å². The molecule has 0 radical (unpaired) electrons. The summed E-state index contributed by atoms with van der Waals surface area (Å²) in [7, 11) is 1.55. The van der Waals surface area contributed by atoms with Crippen molar-refractivity contribution in [3.8, 4) is 22.3 Å². The van der Waals surface area contributed by atoms with E-state index < -0.39 is 5.60 Å². The summed E-state index contributed by atoms with van der Waals surface area (Å²) >= 11 is 1.69. The number of ether oxygens (including phenoxy) is 1. The van der Waals surface area contributed by atoms with E-state index in [-0.39, 0.29) is 29.8 Å². The molecule has 8 rings (SSSR count). The molecule has 5 aromatic heterocycles. The quantitative estimate of drug-likeness (QED) is 0.217. The van der Waals surface area contributed by atoms with Gasteiger partial charge in [0.2, 0.25) is 11.8 Å². The Hall–Kier alpha value is -5.24. The van der Waals surface area contributed by atoms with Crippen LogP contribution in [-0.4, -0.2) is 88.8 Å². The first-order valence-electron chi connectivity index (χ1n) is 18.0. The topological polar surface area (TPSA) is 132 Å². The second-order valence-corrected chi connectivity index (χ2v) is 15.3. The minimum atomic E-state index is -1.14. The van der Waals surface area contributed by atoms with Crippen LogP contribution in [0.1, 0.15) is 41.3 Å². The lowest BCUT2D eigenvalue weighted by Crippen LogP contribution is -2.53. The number of amides is 1. The van der Waals surface area contributed by atoms with Crippen molar-refractivity contribution in [2.75, 3.05) is 33.3 Å². The van der Waals surface area contributed by atoms with Crippen molar-refractivity contribution in [1.82, 2.24) is 38.9 Å². The Labute approximate surface area is 311 Å². The monoisotopic (exact) mass is 730 g/mol. The minimum Gasteiger partial charge on any atom is -0.481 e. The van der Waals surface area contributed by atoms with Gasteiger partial charge in [0.05, 0.1) is 24.6 Å². The van der Waals surface area contributed by atoms with Crippen molar-refractivity contribution in [2.45, 2.75) is 50.8 Å². The number of aromatic nitrogens is 6. The van der Waals surface area contributed by atoms with Crippen molar-refractivity contribution >= 4 is 28.3 Å². The largest absolute Gasteiger partial charge is 0.481 e. The molecule has 0 unspecified atom stereocenters. The zero-order valence-electron chi connectivity index (χ0n) is 29.8. The average Bonchev–Trinajstić information content (AvgIpc) is 3.85. The van der Waals surface area contributed by atoms with E-state index in [1.807, 2.05) is 60.6 Å². The van der Waals surface area contributed by atoms with Gasteiger partial charge >= 0.3 is 0 Å². The number of aliphatic hydroxyl groups is 1. The molecule has 2 fully saturated rings. The first-order chi connectivity index (χ1) is 25.8. The zero-order chi connectivity index (χ0) is 36.5. The van der Waals surface area contributed by atoms with Crippen molar-refractivity contribution in [3.05, 3.63) is 118 Å². The van der Waals surface area contributed by atoms with Crippen LogP contribution in [0.15, 0.2) is 96.4 Å². The molecule has 2 atom stereocenters. The molecule has 2 aliphatic heterocycles. The molecule has 13 heteroatoms. The van der Waals surface area contributed by atoms with Crippen LogP contribution < -0.4 is 10.3 Å². The van der Waals surface area contributed by atoms with Gasteiger partial charge < -0.3 is 14.7 Å². The van der Waals surface area contributed by atoms with Crippen molar-refractivity contribution in [1.29, 1.82) is 0 Å². The Kier molecular flexibility index (Phi) is 9.62. The number of methoxy groups -OCH3 is 1. The number of hydrogen-bond donors (Lipinski definition) is 1. The highest BCUT2D eigenvalue weighted by Gasteiger charge is 2.41. The molecule has 6 aromatic rings. The highest BCUT2D eigenvalue weighted by atomic mass is 32.1. The van der Waals surface area contributed by atoms with Crippen LogP contribution in [0.4, 0.5) is 0 Å². The fourth-order valence-corrected chi connectivity index (χ4v) is 8.63. The maximum Gasteiger partial charge on any atom is 0.262 e. The molecular weight excluding hydrogens is 689 g/mol. The standard InChI is InChI=1S/C40H42N8O4S/c1-27-11-12-29(21-41-27)37-42-22-30(53-37)23-45-17-13-31(33(24-45)28-7-4-3-5-8-28)38(49)46-19-15-40(51,16-20-46)25-47-26-43-36-32(39(47)50)14-18-48(36)34-9-6-10-35(44-34)52-2/h3-12,14,18,21-22,26,31,33,51H,13,15-17,19-20,23-25H2,1-2H3/t31-,33+/m1/s1. The first-order valence-corrected chi connectivity index (χ1v) is 18.8. The highest BCUT2D eigenvalue weighted by Crippen LogP contribution is 2.37. The highest BCUT2D eigenvalue weighted by molar-refractivity contribution is 7.15. The Morgan fingerprint density at radius 3 is 2.58 bits per heavy atom. The third-order valence-corrected chi connectivity index (χ3v) is 11.7. The smallest absolute Gasteiger partial charge is 0.262 e. The van der Waals surface area contributed by atoms with Gasteiger partial charge in [-0.2, -0.15) is 4.98 Å². The number of likely N-dealkylation sites (tertiary alicyclic amines) is 2. The van der Waals surface area contributed by atoms with Gasteiger partial charge in [-0.1, -0.05) is 36.4 Å². The number of carbonyl (C=O) groups is 1. The summed E-state index contributed by atoms with van der Waals surface area (Å²) in [6.45, 7) is 5.29. The Balaban J connectivity index is 0.927. The van der Waals surface area contributed by atoms with E-state index in [9.17, 15) is 14.7 Å². The van der Waals surface area contributed by atoms with Crippen LogP contribution in [-0.2, 0) is 17.9 Å². The van der Waals surface area contributed by atoms with Crippen LogP contribution in [0.2, 0.25) is 0 Å². The normalized spacial score (nSPS) is 19.0. The van der Waals surface area contributed by atoms with Gasteiger partial charge in [-0.05, 0) is 62.6 Å². The average molecular weight is 731 g/mol. The molecule has 53 heavy (non-hydrogen) atoms. The second-order valence-electron chi connectivity index (χ2n) is 14.2. The summed E-state index contributed by atoms with van der Waals surface area (Å²) in [5.41, 5.74) is 2.27. The van der Waals surface area contributed by atoms with Gasteiger partial charge in [-0.15, -0.1) is 11.3 Å². The number of aryl methyl sites for hydroxylation is 1. The first kappa shape index (κ1) is 34.8. The van der Waals surface area contributed by atoms with E-state index in [0.29, 0.717) is 48.7 Å². The summed E-state index contributed by atoms with van der Waals surface area (Å²) < 4.78 is 8.48. The van der Waals surface area contributed by atoms with Gasteiger partial charge in [-0.25, -0.2) is 9.97 Å². The Morgan fingerprint density at radius 2 is 1.81 bits per heavy atom. The predicted octanol–water partition coefficient (Wildman–Crippen LogP) is 5.08. The molecule has 1 aromatic carbocycles. The molecule has 2 aliphatic rings. The number of hydrogen-bond acceptors (Lipinski definition) is 10. The minimum absolute atomic E-state index is 0.0443. The molecular formula is C40H42N8O4S. The van der Waals surface area contributed by atoms with Crippen LogP contribution in [0.25, 0.3) is 27.4 Å². The summed E-state index contributed by atoms with van der Waals surface area (Å²) in [6, 6.07) is 21.5. The van der Waals surface area contributed by atoms with Crippen molar-refractivity contribution in [2.24, 2.45) is 5.92 Å². The van der Waals surface area contributed by atoms with Crippen LogP contribution in [0, 0.1) is 12.8 Å². The van der Waals surface area contributed by atoms with Crippen molar-refractivity contribution < 1.29 is 14.6 Å². The second kappa shape index (κ2) is 14.6.